The summed E-state index contributed by atoms with van der Waals surface area (Å²) in [6, 6.07) is 33.6. The Balaban J connectivity index is 1.35. The molecule has 1 unspecified atom stereocenters. The van der Waals surface area contributed by atoms with E-state index in [2.05, 4.69) is 35.6 Å². The number of esters is 2. The van der Waals surface area contributed by atoms with Crippen LogP contribution < -0.4 is 24.3 Å². The van der Waals surface area contributed by atoms with Crippen LogP contribution in [0.4, 0.5) is 4.79 Å². The maximum absolute atomic E-state index is 13.8. The molecule has 0 radical (unpaired) electrons. The SMILES string of the molecule is COc1ccccc1OC(=O)C(O)CN(CC(C)C)C(=O)N[C@@H](Cc1ccc(-c2ccc3ccccc3c2)cc1)C(=O)Oc1ccccc1OC. The van der Waals surface area contributed by atoms with Crippen LogP contribution in [-0.4, -0.2) is 67.4 Å². The van der Waals surface area contributed by atoms with E-state index >= 15 is 0 Å². The number of methoxy groups -OCH3 is 2. The van der Waals surface area contributed by atoms with E-state index in [0.29, 0.717) is 11.5 Å². The van der Waals surface area contributed by atoms with Crippen molar-refractivity contribution in [2.75, 3.05) is 27.3 Å². The van der Waals surface area contributed by atoms with Crippen molar-refractivity contribution < 1.29 is 38.4 Å². The Hall–Kier alpha value is -5.87. The van der Waals surface area contributed by atoms with Crippen LogP contribution in [0.15, 0.2) is 115 Å². The van der Waals surface area contributed by atoms with Crippen LogP contribution in [0.1, 0.15) is 19.4 Å². The lowest BCUT2D eigenvalue weighted by molar-refractivity contribution is -0.144. The number of carbonyl (C=O) groups is 3. The average molecular weight is 691 g/mol. The predicted octanol–water partition coefficient (Wildman–Crippen LogP) is 6.67. The largest absolute Gasteiger partial charge is 0.493 e. The third-order valence-corrected chi connectivity index (χ3v) is 8.16. The van der Waals surface area contributed by atoms with E-state index in [1.165, 1.54) is 25.2 Å². The molecule has 0 aromatic heterocycles. The molecule has 5 aromatic rings. The molecule has 0 saturated carbocycles. The van der Waals surface area contributed by atoms with E-state index in [4.69, 9.17) is 18.9 Å². The lowest BCUT2D eigenvalue weighted by Gasteiger charge is -2.28. The first-order valence-electron chi connectivity index (χ1n) is 16.7. The van der Waals surface area contributed by atoms with Gasteiger partial charge in [-0.2, -0.15) is 0 Å². The van der Waals surface area contributed by atoms with Crippen LogP contribution in [0.25, 0.3) is 21.9 Å². The number of hydrogen-bond acceptors (Lipinski definition) is 8. The summed E-state index contributed by atoms with van der Waals surface area (Å²) in [6.07, 6.45) is -1.58. The topological polar surface area (TPSA) is 124 Å². The summed E-state index contributed by atoms with van der Waals surface area (Å²) in [5.41, 5.74) is 2.82. The second-order valence-electron chi connectivity index (χ2n) is 12.4. The number of amides is 2. The van der Waals surface area contributed by atoms with Crippen LogP contribution in [0.3, 0.4) is 0 Å². The molecule has 2 atom stereocenters. The van der Waals surface area contributed by atoms with Gasteiger partial charge in [0.2, 0.25) is 0 Å². The van der Waals surface area contributed by atoms with Gasteiger partial charge in [0.1, 0.15) is 6.04 Å². The zero-order valence-corrected chi connectivity index (χ0v) is 29.1. The Labute approximate surface area is 297 Å². The van der Waals surface area contributed by atoms with Gasteiger partial charge in [-0.25, -0.2) is 14.4 Å². The van der Waals surface area contributed by atoms with E-state index < -0.39 is 30.1 Å². The molecule has 0 aliphatic carbocycles. The summed E-state index contributed by atoms with van der Waals surface area (Å²) in [5.74, 6) is -0.703. The molecular formula is C41H42N2O8. The number of fused-ring (bicyclic) bond motifs is 1. The minimum atomic E-state index is -1.68. The number of rotatable bonds is 14. The van der Waals surface area contributed by atoms with Crippen LogP contribution >= 0.6 is 0 Å². The third-order valence-electron chi connectivity index (χ3n) is 8.16. The van der Waals surface area contributed by atoms with E-state index in [0.717, 1.165) is 27.5 Å². The fraction of sp³-hybridized carbons (Fsp3) is 0.244. The molecule has 0 heterocycles. The highest BCUT2D eigenvalue weighted by molar-refractivity contribution is 5.88. The first-order valence-corrected chi connectivity index (χ1v) is 16.7. The lowest BCUT2D eigenvalue weighted by Crippen LogP contribution is -2.53. The van der Waals surface area contributed by atoms with Crippen molar-refractivity contribution in [3.8, 4) is 34.1 Å². The van der Waals surface area contributed by atoms with Crippen LogP contribution in [0.2, 0.25) is 0 Å². The molecule has 2 amide bonds. The number of aliphatic hydroxyl groups is 1. The summed E-state index contributed by atoms with van der Waals surface area (Å²) < 4.78 is 21.7. The van der Waals surface area contributed by atoms with Gasteiger partial charge in [-0.1, -0.05) is 98.8 Å². The van der Waals surface area contributed by atoms with E-state index in [9.17, 15) is 19.5 Å². The molecule has 0 saturated heterocycles. The first kappa shape index (κ1) is 36.4. The fourth-order valence-electron chi connectivity index (χ4n) is 5.60. The Morgan fingerprint density at radius 2 is 1.18 bits per heavy atom. The second-order valence-corrected chi connectivity index (χ2v) is 12.4. The van der Waals surface area contributed by atoms with Gasteiger partial charge in [0.05, 0.1) is 20.8 Å². The molecule has 2 N–H and O–H groups in total. The van der Waals surface area contributed by atoms with Gasteiger partial charge in [-0.3, -0.25) is 0 Å². The molecule has 0 fully saturated rings. The Morgan fingerprint density at radius 1 is 0.647 bits per heavy atom. The highest BCUT2D eigenvalue weighted by atomic mass is 16.6. The number of ether oxygens (including phenoxy) is 4. The Bertz CT molecular complexity index is 1960. The molecule has 0 bridgehead atoms. The van der Waals surface area contributed by atoms with Crippen LogP contribution in [0.5, 0.6) is 23.0 Å². The number of benzene rings is 5. The molecule has 0 aliphatic heterocycles. The maximum atomic E-state index is 13.8. The Morgan fingerprint density at radius 3 is 1.76 bits per heavy atom. The highest BCUT2D eigenvalue weighted by Gasteiger charge is 2.30. The lowest BCUT2D eigenvalue weighted by atomic mass is 9.98. The smallest absolute Gasteiger partial charge is 0.342 e. The number of hydrogen-bond donors (Lipinski definition) is 2. The fourth-order valence-corrected chi connectivity index (χ4v) is 5.60. The minimum absolute atomic E-state index is 0.0326. The molecule has 0 aliphatic rings. The second kappa shape index (κ2) is 17.2. The normalized spacial score (nSPS) is 12.1. The monoisotopic (exact) mass is 690 g/mol. The first-order chi connectivity index (χ1) is 24.6. The summed E-state index contributed by atoms with van der Waals surface area (Å²) in [4.78, 5) is 41.7. The summed E-state index contributed by atoms with van der Waals surface area (Å²) in [7, 11) is 2.91. The van der Waals surface area contributed by atoms with Crippen molar-refractivity contribution in [1.82, 2.24) is 10.2 Å². The number of nitrogens with one attached hydrogen (secondary N) is 1. The number of urea groups is 1. The summed E-state index contributed by atoms with van der Waals surface area (Å²) >= 11 is 0. The van der Waals surface area contributed by atoms with Gasteiger partial charge in [0.15, 0.2) is 29.1 Å². The number of carbonyl (C=O) groups excluding carboxylic acids is 3. The van der Waals surface area contributed by atoms with Crippen molar-refractivity contribution >= 4 is 28.7 Å². The highest BCUT2D eigenvalue weighted by Crippen LogP contribution is 2.28. The van der Waals surface area contributed by atoms with Gasteiger partial charge in [-0.05, 0) is 63.7 Å². The number of aliphatic hydroxyl groups excluding tert-OH is 1. The third kappa shape index (κ3) is 9.64. The van der Waals surface area contributed by atoms with Crippen molar-refractivity contribution in [3.63, 3.8) is 0 Å². The quantitative estimate of drug-likeness (QED) is 0.0978. The van der Waals surface area contributed by atoms with Gasteiger partial charge in [0, 0.05) is 13.0 Å². The zero-order chi connectivity index (χ0) is 36.3. The zero-order valence-electron chi connectivity index (χ0n) is 29.1. The molecule has 264 valence electrons. The average Bonchev–Trinajstić information content (AvgIpc) is 3.14. The van der Waals surface area contributed by atoms with Gasteiger partial charge in [-0.15, -0.1) is 0 Å². The van der Waals surface area contributed by atoms with E-state index in [1.54, 1.807) is 42.5 Å². The molecule has 5 rings (SSSR count). The minimum Gasteiger partial charge on any atom is -0.493 e. The Kier molecular flexibility index (Phi) is 12.3. The van der Waals surface area contributed by atoms with E-state index in [-0.39, 0.29) is 36.9 Å². The van der Waals surface area contributed by atoms with Gasteiger partial charge >= 0.3 is 18.0 Å². The standard InChI is InChI=1S/C41H42N2O8/c1-27(2)25-43(26-34(44)40(46)51-38-16-10-8-14-36(38)49-4)41(47)42-33(39(45)50-37-15-9-7-13-35(37)48-3)23-28-17-19-30(20-18-28)32-22-21-29-11-5-6-12-31(29)24-32/h5-22,24,27,33-34,44H,23,25-26H2,1-4H3,(H,42,47)/t33-,34?/m0/s1. The molecule has 51 heavy (non-hydrogen) atoms. The molecule has 10 heteroatoms. The van der Waals surface area contributed by atoms with Crippen molar-refractivity contribution in [1.29, 1.82) is 0 Å². The van der Waals surface area contributed by atoms with Gasteiger partial charge in [0.25, 0.3) is 0 Å². The number of para-hydroxylation sites is 4. The van der Waals surface area contributed by atoms with Crippen molar-refractivity contribution in [2.45, 2.75) is 32.4 Å². The molecule has 0 spiro atoms. The summed E-state index contributed by atoms with van der Waals surface area (Å²) in [5, 5.41) is 15.9. The van der Waals surface area contributed by atoms with Gasteiger partial charge < -0.3 is 34.3 Å². The molecular weight excluding hydrogens is 648 g/mol. The van der Waals surface area contributed by atoms with E-state index in [1.807, 2.05) is 50.2 Å². The van der Waals surface area contributed by atoms with Crippen molar-refractivity contribution in [3.05, 3.63) is 121 Å². The molecule has 10 nitrogen and oxygen atoms in total. The molecule has 5 aromatic carbocycles. The van der Waals surface area contributed by atoms with Crippen LogP contribution in [0, 0.1) is 5.92 Å². The number of nitrogens with zero attached hydrogens (tertiary/aromatic N) is 1. The van der Waals surface area contributed by atoms with Crippen molar-refractivity contribution in [2.24, 2.45) is 5.92 Å². The predicted molar refractivity (Wildman–Crippen MR) is 195 cm³/mol. The maximum Gasteiger partial charge on any atom is 0.342 e. The summed E-state index contributed by atoms with van der Waals surface area (Å²) in [6.45, 7) is 3.58. The van der Waals surface area contributed by atoms with Crippen LogP contribution in [-0.2, 0) is 16.0 Å².